The molecule has 1 saturated heterocycles. The minimum atomic E-state index is -3.64. The molecular weight excluding hydrogens is 402 g/mol. The Bertz CT molecular complexity index is 1220. The van der Waals surface area contributed by atoms with E-state index in [0.29, 0.717) is 12.2 Å². The SMILES string of the molecule is Cc1nn(C)c2ncc(NC(=O)c3cccc(S(=O)(=O)N4CCCCC4C)c3)cc12. The number of amides is 1. The van der Waals surface area contributed by atoms with Crippen LogP contribution in [-0.2, 0) is 17.1 Å². The number of fused-ring (bicyclic) bond motifs is 1. The smallest absolute Gasteiger partial charge is 0.255 e. The fraction of sp³-hybridized carbons (Fsp3) is 0.381. The molecule has 0 aliphatic carbocycles. The zero-order valence-electron chi connectivity index (χ0n) is 17.3. The molecule has 0 saturated carbocycles. The van der Waals surface area contributed by atoms with Crippen molar-refractivity contribution in [3.05, 3.63) is 47.8 Å². The minimum absolute atomic E-state index is 0.0400. The number of carbonyl (C=O) groups excluding carboxylic acids is 1. The van der Waals surface area contributed by atoms with Gasteiger partial charge >= 0.3 is 0 Å². The number of aromatic nitrogens is 3. The molecule has 1 unspecified atom stereocenters. The highest BCUT2D eigenvalue weighted by Crippen LogP contribution is 2.26. The van der Waals surface area contributed by atoms with Gasteiger partial charge in [-0.15, -0.1) is 0 Å². The molecule has 1 N–H and O–H groups in total. The van der Waals surface area contributed by atoms with E-state index in [1.54, 1.807) is 29.1 Å². The molecule has 0 bridgehead atoms. The largest absolute Gasteiger partial charge is 0.321 e. The number of benzene rings is 1. The van der Waals surface area contributed by atoms with Crippen molar-refractivity contribution < 1.29 is 13.2 Å². The number of carbonyl (C=O) groups is 1. The van der Waals surface area contributed by atoms with E-state index in [1.165, 1.54) is 10.4 Å². The molecule has 4 rings (SSSR count). The van der Waals surface area contributed by atoms with Gasteiger partial charge in [0, 0.05) is 30.6 Å². The van der Waals surface area contributed by atoms with Crippen LogP contribution in [0.3, 0.4) is 0 Å². The molecule has 3 aromatic rings. The van der Waals surface area contributed by atoms with E-state index in [4.69, 9.17) is 0 Å². The van der Waals surface area contributed by atoms with E-state index in [0.717, 1.165) is 36.0 Å². The Balaban J connectivity index is 1.59. The highest BCUT2D eigenvalue weighted by atomic mass is 32.2. The maximum absolute atomic E-state index is 13.1. The number of pyridine rings is 1. The summed E-state index contributed by atoms with van der Waals surface area (Å²) in [6.07, 6.45) is 4.30. The van der Waals surface area contributed by atoms with Crippen molar-refractivity contribution in [2.75, 3.05) is 11.9 Å². The first-order valence-corrected chi connectivity index (χ1v) is 11.4. The molecule has 9 heteroatoms. The molecule has 1 fully saturated rings. The predicted molar refractivity (Wildman–Crippen MR) is 115 cm³/mol. The lowest BCUT2D eigenvalue weighted by Gasteiger charge is -2.32. The maximum atomic E-state index is 13.1. The van der Waals surface area contributed by atoms with Crippen LogP contribution in [0.4, 0.5) is 5.69 Å². The van der Waals surface area contributed by atoms with Crippen LogP contribution in [-0.4, -0.2) is 46.0 Å². The van der Waals surface area contributed by atoms with Crippen LogP contribution >= 0.6 is 0 Å². The van der Waals surface area contributed by atoms with Crippen LogP contribution in [0.2, 0.25) is 0 Å². The summed E-state index contributed by atoms with van der Waals surface area (Å²) >= 11 is 0. The highest BCUT2D eigenvalue weighted by Gasteiger charge is 2.31. The van der Waals surface area contributed by atoms with Gasteiger partial charge in [0.1, 0.15) is 0 Å². The predicted octanol–water partition coefficient (Wildman–Crippen LogP) is 3.09. The second-order valence-electron chi connectivity index (χ2n) is 7.75. The first kappa shape index (κ1) is 20.5. The molecule has 1 aliphatic rings. The second kappa shape index (κ2) is 7.81. The molecule has 30 heavy (non-hydrogen) atoms. The third-order valence-electron chi connectivity index (χ3n) is 5.57. The molecule has 8 nitrogen and oxygen atoms in total. The van der Waals surface area contributed by atoms with Gasteiger partial charge in [-0.2, -0.15) is 9.40 Å². The van der Waals surface area contributed by atoms with Gasteiger partial charge in [-0.1, -0.05) is 12.5 Å². The van der Waals surface area contributed by atoms with E-state index in [1.807, 2.05) is 27.0 Å². The zero-order valence-corrected chi connectivity index (χ0v) is 18.1. The molecule has 1 aliphatic heterocycles. The number of piperidine rings is 1. The number of anilines is 1. The first-order chi connectivity index (χ1) is 14.3. The maximum Gasteiger partial charge on any atom is 0.255 e. The summed E-state index contributed by atoms with van der Waals surface area (Å²) in [5.74, 6) is -0.388. The third kappa shape index (κ3) is 3.70. The van der Waals surface area contributed by atoms with E-state index in [2.05, 4.69) is 15.4 Å². The van der Waals surface area contributed by atoms with Gasteiger partial charge in [0.15, 0.2) is 5.65 Å². The topological polar surface area (TPSA) is 97.2 Å². The third-order valence-corrected chi connectivity index (χ3v) is 7.58. The Morgan fingerprint density at radius 3 is 2.80 bits per heavy atom. The van der Waals surface area contributed by atoms with Gasteiger partial charge in [-0.3, -0.25) is 9.48 Å². The van der Waals surface area contributed by atoms with Crippen molar-refractivity contribution in [3.63, 3.8) is 0 Å². The first-order valence-electron chi connectivity index (χ1n) is 10.00. The van der Waals surface area contributed by atoms with Crippen LogP contribution in [0, 0.1) is 6.92 Å². The quantitative estimate of drug-likeness (QED) is 0.690. The van der Waals surface area contributed by atoms with Gasteiger partial charge in [0.25, 0.3) is 5.91 Å². The zero-order chi connectivity index (χ0) is 21.5. The van der Waals surface area contributed by atoms with Gasteiger partial charge in [-0.25, -0.2) is 13.4 Å². The molecule has 1 atom stereocenters. The number of rotatable bonds is 4. The number of hydrogen-bond acceptors (Lipinski definition) is 5. The summed E-state index contributed by atoms with van der Waals surface area (Å²) in [6, 6.07) is 7.96. The summed E-state index contributed by atoms with van der Waals surface area (Å²) < 4.78 is 29.4. The highest BCUT2D eigenvalue weighted by molar-refractivity contribution is 7.89. The van der Waals surface area contributed by atoms with E-state index >= 15 is 0 Å². The Morgan fingerprint density at radius 2 is 2.03 bits per heavy atom. The standard InChI is InChI=1S/C21H25N5O3S/c1-14-7-4-5-10-26(14)30(28,29)18-9-6-8-16(11-18)21(27)23-17-12-19-15(2)24-25(3)20(19)22-13-17/h6,8-9,11-14H,4-5,7,10H2,1-3H3,(H,23,27). The van der Waals surface area contributed by atoms with Crippen LogP contribution in [0.15, 0.2) is 41.4 Å². The summed E-state index contributed by atoms with van der Waals surface area (Å²) in [5, 5.41) is 7.99. The fourth-order valence-corrected chi connectivity index (χ4v) is 5.69. The average Bonchev–Trinajstić information content (AvgIpc) is 3.01. The normalized spacial score (nSPS) is 17.9. The number of nitrogens with zero attached hydrogens (tertiary/aromatic N) is 4. The molecule has 0 spiro atoms. The molecule has 1 amide bonds. The van der Waals surface area contributed by atoms with Crippen LogP contribution in [0.25, 0.3) is 11.0 Å². The number of sulfonamides is 1. The van der Waals surface area contributed by atoms with Crippen molar-refractivity contribution in [1.82, 2.24) is 19.1 Å². The van der Waals surface area contributed by atoms with Crippen LogP contribution in [0.1, 0.15) is 42.2 Å². The van der Waals surface area contributed by atoms with Gasteiger partial charge in [-0.05, 0) is 51.0 Å². The Kier molecular flexibility index (Phi) is 5.33. The lowest BCUT2D eigenvalue weighted by atomic mass is 10.1. The van der Waals surface area contributed by atoms with Gasteiger partial charge in [0.2, 0.25) is 10.0 Å². The molecule has 0 radical (unpaired) electrons. The minimum Gasteiger partial charge on any atom is -0.321 e. The monoisotopic (exact) mass is 427 g/mol. The van der Waals surface area contributed by atoms with Crippen molar-refractivity contribution in [2.24, 2.45) is 7.05 Å². The Hall–Kier alpha value is -2.78. The fourth-order valence-electron chi connectivity index (χ4n) is 3.94. The Labute approximate surface area is 176 Å². The molecule has 1 aromatic carbocycles. The van der Waals surface area contributed by atoms with E-state index in [-0.39, 0.29) is 22.4 Å². The lowest BCUT2D eigenvalue weighted by Crippen LogP contribution is -2.41. The summed E-state index contributed by atoms with van der Waals surface area (Å²) in [6.45, 7) is 4.32. The lowest BCUT2D eigenvalue weighted by molar-refractivity contribution is 0.102. The molecule has 2 aromatic heterocycles. The average molecular weight is 428 g/mol. The van der Waals surface area contributed by atoms with Crippen molar-refractivity contribution in [3.8, 4) is 0 Å². The summed E-state index contributed by atoms with van der Waals surface area (Å²) in [4.78, 5) is 17.3. The number of hydrogen-bond donors (Lipinski definition) is 1. The summed E-state index contributed by atoms with van der Waals surface area (Å²) in [7, 11) is -1.83. The summed E-state index contributed by atoms with van der Waals surface area (Å²) in [5.41, 5.74) is 2.36. The van der Waals surface area contributed by atoms with Crippen LogP contribution < -0.4 is 5.32 Å². The second-order valence-corrected chi connectivity index (χ2v) is 9.64. The number of aryl methyl sites for hydroxylation is 2. The van der Waals surface area contributed by atoms with Crippen molar-refractivity contribution >= 4 is 32.7 Å². The molecular formula is C21H25N5O3S. The van der Waals surface area contributed by atoms with Crippen molar-refractivity contribution in [1.29, 1.82) is 0 Å². The van der Waals surface area contributed by atoms with Gasteiger partial charge < -0.3 is 5.32 Å². The number of nitrogens with one attached hydrogen (secondary N) is 1. The van der Waals surface area contributed by atoms with E-state index < -0.39 is 10.0 Å². The Morgan fingerprint density at radius 1 is 1.23 bits per heavy atom. The van der Waals surface area contributed by atoms with Crippen LogP contribution in [0.5, 0.6) is 0 Å². The van der Waals surface area contributed by atoms with E-state index in [9.17, 15) is 13.2 Å². The van der Waals surface area contributed by atoms with Crippen molar-refractivity contribution in [2.45, 2.75) is 44.0 Å². The molecule has 3 heterocycles. The van der Waals surface area contributed by atoms with Gasteiger partial charge in [0.05, 0.1) is 22.5 Å². The molecule has 158 valence electrons.